The lowest BCUT2D eigenvalue weighted by molar-refractivity contribution is 0.531. The highest BCUT2D eigenvalue weighted by molar-refractivity contribution is 5.98. The van der Waals surface area contributed by atoms with Gasteiger partial charge in [-0.1, -0.05) is 0 Å². The molecule has 3 radical (unpaired) electrons. The van der Waals surface area contributed by atoms with Crippen LogP contribution in [0.2, 0.25) is 0 Å². The van der Waals surface area contributed by atoms with Gasteiger partial charge in [-0.25, -0.2) is 0 Å². The van der Waals surface area contributed by atoms with E-state index in [4.69, 9.17) is 0 Å². The van der Waals surface area contributed by atoms with Crippen molar-refractivity contribution in [2.24, 2.45) is 5.92 Å². The summed E-state index contributed by atoms with van der Waals surface area (Å²) in [6, 6.07) is 0. The molecule has 1 rings (SSSR count). The minimum atomic E-state index is 0.816. The summed E-state index contributed by atoms with van der Waals surface area (Å²) < 4.78 is 4.52. The van der Waals surface area contributed by atoms with Gasteiger partial charge < -0.3 is 4.43 Å². The molecule has 0 amide bonds. The third-order valence-corrected chi connectivity index (χ3v) is 1.18. The molecule has 0 atom stereocenters. The highest BCUT2D eigenvalue weighted by atomic mass is 28.2. The number of hydrogen-bond donors (Lipinski definition) is 0. The third-order valence-electron chi connectivity index (χ3n) is 1.04. The highest BCUT2D eigenvalue weighted by Gasteiger charge is 2.16. The van der Waals surface area contributed by atoms with Crippen LogP contribution >= 0.6 is 0 Å². The van der Waals surface area contributed by atoms with E-state index in [1.54, 1.807) is 6.26 Å². The van der Waals surface area contributed by atoms with Crippen LogP contribution in [0.4, 0.5) is 0 Å². The zero-order chi connectivity index (χ0) is 5.11. The summed E-state index contributed by atoms with van der Waals surface area (Å²) in [5.74, 6) is 0.816. The van der Waals surface area contributed by atoms with E-state index in [-0.39, 0.29) is 0 Å². The summed E-state index contributed by atoms with van der Waals surface area (Å²) >= 11 is 0. The summed E-state index contributed by atoms with van der Waals surface area (Å²) in [5.41, 5.74) is 0. The van der Waals surface area contributed by atoms with Gasteiger partial charge in [0.05, 0.1) is 6.26 Å². The Hall–Kier alpha value is -0.243. The van der Waals surface area contributed by atoms with Gasteiger partial charge in [-0.05, 0) is 24.8 Å². The van der Waals surface area contributed by atoms with Crippen molar-refractivity contribution >= 4 is 10.5 Å². The predicted octanol–water partition coefficient (Wildman–Crippen LogP) is 1.01. The molecule has 1 fully saturated rings. The molecule has 1 aliphatic carbocycles. The molecular weight excluding hydrogens is 104 g/mol. The summed E-state index contributed by atoms with van der Waals surface area (Å²) in [6.07, 6.45) is 6.42. The zero-order valence-corrected chi connectivity index (χ0v) is 5.05. The van der Waals surface area contributed by atoms with E-state index in [1.807, 2.05) is 0 Å². The van der Waals surface area contributed by atoms with E-state index in [1.165, 1.54) is 12.8 Å². The van der Waals surface area contributed by atoms with Crippen molar-refractivity contribution in [1.29, 1.82) is 0 Å². The smallest absolute Gasteiger partial charge is 0.340 e. The van der Waals surface area contributed by atoms with E-state index in [0.717, 1.165) is 5.92 Å². The molecule has 0 bridgehead atoms. The molecule has 0 heterocycles. The summed E-state index contributed by atoms with van der Waals surface area (Å²) in [4.78, 5) is 0. The molecule has 0 aromatic rings. The Morgan fingerprint density at radius 3 is 2.71 bits per heavy atom. The molecule has 1 aliphatic rings. The van der Waals surface area contributed by atoms with Crippen LogP contribution in [0.3, 0.4) is 0 Å². The minimum absolute atomic E-state index is 0.816. The number of hydrogen-bond acceptors (Lipinski definition) is 1. The lowest BCUT2D eigenvalue weighted by Gasteiger charge is -1.81. The van der Waals surface area contributed by atoms with Gasteiger partial charge in [0.2, 0.25) is 0 Å². The standard InChI is InChI=1S/C5H7OSi/c7-6-4-3-5-1-2-5/h3-5H,1-2H2. The molecule has 0 N–H and O–H groups in total. The first-order chi connectivity index (χ1) is 3.43. The Balaban J connectivity index is 2.05. The van der Waals surface area contributed by atoms with Crippen molar-refractivity contribution in [3.63, 3.8) is 0 Å². The van der Waals surface area contributed by atoms with Gasteiger partial charge in [0, 0.05) is 0 Å². The largest absolute Gasteiger partial charge is 0.546 e. The van der Waals surface area contributed by atoms with Crippen LogP contribution in [0.25, 0.3) is 0 Å². The predicted molar refractivity (Wildman–Crippen MR) is 28.7 cm³/mol. The SMILES string of the molecule is [Si]OC=CC1CC1. The maximum Gasteiger partial charge on any atom is 0.340 e. The van der Waals surface area contributed by atoms with Crippen molar-refractivity contribution < 1.29 is 4.43 Å². The van der Waals surface area contributed by atoms with Crippen molar-refractivity contribution in [1.82, 2.24) is 0 Å². The van der Waals surface area contributed by atoms with Crippen LogP contribution in [0.5, 0.6) is 0 Å². The fourth-order valence-corrected chi connectivity index (χ4v) is 0.518. The molecular formula is C5H7OSi. The van der Waals surface area contributed by atoms with Crippen molar-refractivity contribution in [3.8, 4) is 0 Å². The average molecular weight is 111 g/mol. The third kappa shape index (κ3) is 1.78. The van der Waals surface area contributed by atoms with Crippen molar-refractivity contribution in [2.75, 3.05) is 0 Å². The monoisotopic (exact) mass is 111 g/mol. The maximum atomic E-state index is 4.52. The molecule has 2 heteroatoms. The zero-order valence-electron chi connectivity index (χ0n) is 4.05. The fourth-order valence-electron chi connectivity index (χ4n) is 0.439. The van der Waals surface area contributed by atoms with Gasteiger partial charge >= 0.3 is 10.5 Å². The molecule has 0 aromatic carbocycles. The van der Waals surface area contributed by atoms with Crippen molar-refractivity contribution in [2.45, 2.75) is 12.8 Å². The quantitative estimate of drug-likeness (QED) is 0.382. The molecule has 0 unspecified atom stereocenters. The Kier molecular flexibility index (Phi) is 1.52. The first kappa shape index (κ1) is 4.90. The van der Waals surface area contributed by atoms with Crippen LogP contribution in [0.1, 0.15) is 12.8 Å². The van der Waals surface area contributed by atoms with Crippen LogP contribution in [0.15, 0.2) is 12.3 Å². The lowest BCUT2D eigenvalue weighted by atomic mass is 10.4. The second-order valence-electron chi connectivity index (χ2n) is 1.78. The van der Waals surface area contributed by atoms with Crippen LogP contribution in [-0.2, 0) is 4.43 Å². The number of rotatable bonds is 2. The minimum Gasteiger partial charge on any atom is -0.546 e. The van der Waals surface area contributed by atoms with Crippen molar-refractivity contribution in [3.05, 3.63) is 12.3 Å². The van der Waals surface area contributed by atoms with E-state index >= 15 is 0 Å². The average Bonchev–Trinajstić information content (AvgIpc) is 2.42. The second-order valence-corrected chi connectivity index (χ2v) is 2.02. The molecule has 0 aromatic heterocycles. The Labute approximate surface area is 46.9 Å². The molecule has 1 nitrogen and oxygen atoms in total. The molecule has 0 saturated heterocycles. The van der Waals surface area contributed by atoms with Crippen LogP contribution in [0, 0.1) is 5.92 Å². The maximum absolute atomic E-state index is 4.52. The first-order valence-corrected chi connectivity index (χ1v) is 2.83. The van der Waals surface area contributed by atoms with Gasteiger partial charge in [0.25, 0.3) is 0 Å². The highest BCUT2D eigenvalue weighted by Crippen LogP contribution is 2.29. The van der Waals surface area contributed by atoms with Crippen LogP contribution in [-0.4, -0.2) is 10.5 Å². The normalized spacial score (nSPS) is 20.7. The van der Waals surface area contributed by atoms with Crippen LogP contribution < -0.4 is 0 Å². The summed E-state index contributed by atoms with van der Waals surface area (Å²) in [5, 5.41) is 0. The Morgan fingerprint density at radius 2 is 2.29 bits per heavy atom. The molecule has 37 valence electrons. The van der Waals surface area contributed by atoms with E-state index in [2.05, 4.69) is 21.0 Å². The molecule has 0 aliphatic heterocycles. The molecule has 7 heavy (non-hydrogen) atoms. The molecule has 0 spiro atoms. The summed E-state index contributed by atoms with van der Waals surface area (Å²) in [6.45, 7) is 0. The van der Waals surface area contributed by atoms with Gasteiger partial charge in [-0.15, -0.1) is 0 Å². The fraction of sp³-hybridized carbons (Fsp3) is 0.600. The lowest BCUT2D eigenvalue weighted by Crippen LogP contribution is -1.67. The Morgan fingerprint density at radius 1 is 1.57 bits per heavy atom. The van der Waals surface area contributed by atoms with Gasteiger partial charge in [0.1, 0.15) is 0 Å². The van der Waals surface area contributed by atoms with Gasteiger partial charge in [-0.3, -0.25) is 0 Å². The Bertz CT molecular complexity index is 76.1. The first-order valence-electron chi connectivity index (χ1n) is 2.42. The topological polar surface area (TPSA) is 9.23 Å². The second kappa shape index (κ2) is 2.16. The number of allylic oxidation sites excluding steroid dienone is 1. The van der Waals surface area contributed by atoms with E-state index in [9.17, 15) is 0 Å². The van der Waals surface area contributed by atoms with E-state index in [0.29, 0.717) is 0 Å². The summed E-state index contributed by atoms with van der Waals surface area (Å²) in [7, 11) is 2.86. The van der Waals surface area contributed by atoms with E-state index < -0.39 is 0 Å². The molecule has 1 saturated carbocycles. The van der Waals surface area contributed by atoms with Gasteiger partial charge in [0.15, 0.2) is 0 Å². The van der Waals surface area contributed by atoms with Gasteiger partial charge in [-0.2, -0.15) is 0 Å².